The van der Waals surface area contributed by atoms with Gasteiger partial charge in [0.2, 0.25) is 0 Å². The summed E-state index contributed by atoms with van der Waals surface area (Å²) in [5, 5.41) is 0. The van der Waals surface area contributed by atoms with Crippen molar-refractivity contribution < 1.29 is 14.3 Å². The van der Waals surface area contributed by atoms with Gasteiger partial charge in [-0.2, -0.15) is 0 Å². The number of rotatable bonds is 4. The molecule has 0 radical (unpaired) electrons. The zero-order valence-electron chi connectivity index (χ0n) is 17.1. The van der Waals surface area contributed by atoms with Crippen LogP contribution in [0.2, 0.25) is 0 Å². The number of nitrogens with zero attached hydrogens (tertiary/aromatic N) is 3. The molecule has 4 heterocycles. The maximum atomic E-state index is 12.4. The Hall–Kier alpha value is -2.60. The Morgan fingerprint density at radius 3 is 2.76 bits per heavy atom. The lowest BCUT2D eigenvalue weighted by Gasteiger charge is -2.34. The molecule has 6 heteroatoms. The number of benzene rings is 1. The molecule has 1 aromatic carbocycles. The molecule has 3 aliphatic rings. The van der Waals surface area contributed by atoms with Crippen molar-refractivity contribution >= 4 is 11.7 Å². The summed E-state index contributed by atoms with van der Waals surface area (Å²) in [5.41, 5.74) is 5.27. The summed E-state index contributed by atoms with van der Waals surface area (Å²) in [6, 6.07) is 8.32. The van der Waals surface area contributed by atoms with Crippen molar-refractivity contribution in [2.45, 2.75) is 52.6 Å². The second kappa shape index (κ2) is 7.34. The number of ether oxygens (including phenoxy) is 2. The summed E-state index contributed by atoms with van der Waals surface area (Å²) in [4.78, 5) is 21.5. The van der Waals surface area contributed by atoms with Crippen molar-refractivity contribution in [2.24, 2.45) is 0 Å². The minimum Gasteiger partial charge on any atom is -0.490 e. The molecule has 0 N–H and O–H groups in total. The molecular weight excluding hydrogens is 366 g/mol. The summed E-state index contributed by atoms with van der Waals surface area (Å²) in [7, 11) is 0. The number of fused-ring (bicyclic) bond motifs is 2. The first kappa shape index (κ1) is 18.4. The molecule has 29 heavy (non-hydrogen) atoms. The van der Waals surface area contributed by atoms with Crippen LogP contribution in [0.25, 0.3) is 0 Å². The Morgan fingerprint density at radius 1 is 1.17 bits per heavy atom. The third-order valence-corrected chi connectivity index (χ3v) is 6.24. The van der Waals surface area contributed by atoms with Crippen molar-refractivity contribution in [1.82, 2.24) is 9.88 Å². The van der Waals surface area contributed by atoms with E-state index < -0.39 is 0 Å². The lowest BCUT2D eigenvalue weighted by atomic mass is 10.1. The number of aryl methyl sites for hydroxylation is 1. The highest BCUT2D eigenvalue weighted by atomic mass is 16.5. The van der Waals surface area contributed by atoms with E-state index in [1.165, 1.54) is 11.1 Å². The number of carbonyl (C=O) groups excluding carboxylic acids is 1. The van der Waals surface area contributed by atoms with E-state index in [0.717, 1.165) is 60.9 Å². The summed E-state index contributed by atoms with van der Waals surface area (Å²) in [5.74, 6) is 2.07. The average molecular weight is 393 g/mol. The molecule has 0 aliphatic carbocycles. The average Bonchev–Trinajstić information content (AvgIpc) is 3.32. The molecule has 5 rings (SSSR count). The number of carbonyl (C=O) groups is 1. The summed E-state index contributed by atoms with van der Waals surface area (Å²) >= 11 is 0. The van der Waals surface area contributed by atoms with Gasteiger partial charge in [-0.15, -0.1) is 0 Å². The van der Waals surface area contributed by atoms with Gasteiger partial charge in [0, 0.05) is 32.5 Å². The lowest BCUT2D eigenvalue weighted by Crippen LogP contribution is -2.39. The normalized spacial score (nSPS) is 18.9. The minimum absolute atomic E-state index is 0.108. The Labute approximate surface area is 171 Å². The van der Waals surface area contributed by atoms with Gasteiger partial charge < -0.3 is 19.3 Å². The third kappa shape index (κ3) is 3.35. The van der Waals surface area contributed by atoms with E-state index in [0.29, 0.717) is 19.8 Å². The molecule has 1 fully saturated rings. The first-order valence-corrected chi connectivity index (χ1v) is 10.5. The van der Waals surface area contributed by atoms with Crippen LogP contribution in [0.4, 0.5) is 5.82 Å². The number of aromatic nitrogens is 1. The fraction of sp³-hybridized carbons (Fsp3) is 0.478. The summed E-state index contributed by atoms with van der Waals surface area (Å²) in [6.07, 6.45) is 2.15. The van der Waals surface area contributed by atoms with Crippen molar-refractivity contribution in [2.75, 3.05) is 24.5 Å². The van der Waals surface area contributed by atoms with Gasteiger partial charge in [-0.25, -0.2) is 4.98 Å². The Kier molecular flexibility index (Phi) is 4.66. The quantitative estimate of drug-likeness (QED) is 0.796. The highest BCUT2D eigenvalue weighted by Crippen LogP contribution is 2.30. The van der Waals surface area contributed by atoms with Crippen molar-refractivity contribution in [3.05, 3.63) is 52.2 Å². The summed E-state index contributed by atoms with van der Waals surface area (Å²) in [6.45, 7) is 8.64. The number of piperidine rings is 1. The molecular formula is C23H27N3O3. The molecule has 1 aromatic heterocycles. The van der Waals surface area contributed by atoms with Crippen LogP contribution < -0.4 is 9.64 Å². The zero-order chi connectivity index (χ0) is 20.0. The van der Waals surface area contributed by atoms with Crippen LogP contribution >= 0.6 is 0 Å². The molecule has 0 unspecified atom stereocenters. The fourth-order valence-corrected chi connectivity index (χ4v) is 4.54. The molecule has 2 aromatic rings. The fourth-order valence-electron chi connectivity index (χ4n) is 4.54. The Balaban J connectivity index is 1.25. The molecule has 1 saturated heterocycles. The lowest BCUT2D eigenvalue weighted by molar-refractivity contribution is 0.0786. The second-order valence-corrected chi connectivity index (χ2v) is 8.17. The predicted octanol–water partition coefficient (Wildman–Crippen LogP) is 3.44. The number of hydrogen-bond acceptors (Lipinski definition) is 5. The van der Waals surface area contributed by atoms with Gasteiger partial charge in [0.1, 0.15) is 17.7 Å². The molecule has 152 valence electrons. The number of hydrogen-bond donors (Lipinski definition) is 0. The van der Waals surface area contributed by atoms with Gasteiger partial charge in [0.25, 0.3) is 5.91 Å². The van der Waals surface area contributed by atoms with E-state index in [9.17, 15) is 4.79 Å². The molecule has 3 aliphatic heterocycles. The van der Waals surface area contributed by atoms with E-state index in [-0.39, 0.29) is 12.0 Å². The van der Waals surface area contributed by atoms with Gasteiger partial charge >= 0.3 is 0 Å². The topological polar surface area (TPSA) is 54.9 Å². The number of amides is 1. The monoisotopic (exact) mass is 393 g/mol. The Bertz CT molecular complexity index is 951. The second-order valence-electron chi connectivity index (χ2n) is 8.17. The van der Waals surface area contributed by atoms with Gasteiger partial charge in [-0.05, 0) is 48.7 Å². The van der Waals surface area contributed by atoms with Crippen LogP contribution in [-0.2, 0) is 24.5 Å². The molecule has 0 saturated carbocycles. The van der Waals surface area contributed by atoms with Crippen molar-refractivity contribution in [1.29, 1.82) is 0 Å². The van der Waals surface area contributed by atoms with Crippen LogP contribution in [0.5, 0.6) is 5.75 Å². The van der Waals surface area contributed by atoms with E-state index in [1.54, 1.807) is 0 Å². The maximum Gasteiger partial charge on any atom is 0.256 e. The molecule has 6 nitrogen and oxygen atoms in total. The first-order valence-electron chi connectivity index (χ1n) is 10.5. The van der Waals surface area contributed by atoms with Crippen LogP contribution in [-0.4, -0.2) is 41.5 Å². The molecule has 0 bridgehead atoms. The highest BCUT2D eigenvalue weighted by Gasteiger charge is 2.30. The Morgan fingerprint density at radius 2 is 1.97 bits per heavy atom. The van der Waals surface area contributed by atoms with E-state index in [4.69, 9.17) is 14.5 Å². The van der Waals surface area contributed by atoms with Crippen LogP contribution in [0.3, 0.4) is 0 Å². The van der Waals surface area contributed by atoms with Crippen LogP contribution in [0.15, 0.2) is 24.3 Å². The van der Waals surface area contributed by atoms with Crippen LogP contribution in [0.1, 0.15) is 52.5 Å². The smallest absolute Gasteiger partial charge is 0.256 e. The van der Waals surface area contributed by atoms with E-state index >= 15 is 0 Å². The molecule has 0 atom stereocenters. The van der Waals surface area contributed by atoms with E-state index in [1.807, 2.05) is 17.9 Å². The first-order chi connectivity index (χ1) is 14.1. The molecule has 1 amide bonds. The predicted molar refractivity (Wildman–Crippen MR) is 110 cm³/mol. The highest BCUT2D eigenvalue weighted by molar-refractivity contribution is 5.98. The maximum absolute atomic E-state index is 12.4. The summed E-state index contributed by atoms with van der Waals surface area (Å²) < 4.78 is 11.8. The van der Waals surface area contributed by atoms with E-state index in [2.05, 4.69) is 30.0 Å². The third-order valence-electron chi connectivity index (χ3n) is 6.24. The molecule has 0 spiro atoms. The number of pyridine rings is 1. The SMILES string of the molecule is CCN1Cc2nc(N3CCC(Oc4ccc5c(c4)COC5)CC3)c(C)cc2C1=O. The largest absolute Gasteiger partial charge is 0.490 e. The van der Waals surface area contributed by atoms with Crippen molar-refractivity contribution in [3.63, 3.8) is 0 Å². The van der Waals surface area contributed by atoms with Crippen LogP contribution in [0, 0.1) is 6.92 Å². The standard InChI is InChI=1S/C23H27N3O3/c1-3-25-12-21-20(23(25)27)10-15(2)22(24-21)26-8-6-18(7-9-26)29-19-5-4-16-13-28-14-17(16)11-19/h4-5,10-11,18H,3,6-9,12-14H2,1-2H3. The zero-order valence-corrected chi connectivity index (χ0v) is 17.1. The van der Waals surface area contributed by atoms with Gasteiger partial charge in [-0.1, -0.05) is 6.07 Å². The van der Waals surface area contributed by atoms with Gasteiger partial charge in [0.15, 0.2) is 0 Å². The van der Waals surface area contributed by atoms with Gasteiger partial charge in [0.05, 0.1) is 31.0 Å². The van der Waals surface area contributed by atoms with Crippen molar-refractivity contribution in [3.8, 4) is 5.75 Å². The number of anilines is 1. The van der Waals surface area contributed by atoms with Gasteiger partial charge in [-0.3, -0.25) is 4.79 Å². The minimum atomic E-state index is 0.108.